The molecule has 0 unspecified atom stereocenters. The number of aromatic amines is 1. The summed E-state index contributed by atoms with van der Waals surface area (Å²) in [7, 11) is 3.31. The molecule has 3 aromatic rings. The summed E-state index contributed by atoms with van der Waals surface area (Å²) in [5.41, 5.74) is 3.57. The zero-order chi connectivity index (χ0) is 20.5. The second-order valence-electron chi connectivity index (χ2n) is 6.76. The number of rotatable bonds is 9. The average Bonchev–Trinajstić information content (AvgIpc) is 3.18. The lowest BCUT2D eigenvalue weighted by molar-refractivity contribution is 0.391. The molecule has 0 spiro atoms. The lowest BCUT2D eigenvalue weighted by atomic mass is 10.1. The normalized spacial score (nSPS) is 11.5. The summed E-state index contributed by atoms with van der Waals surface area (Å²) in [5.74, 6) is 2.37. The van der Waals surface area contributed by atoms with Crippen LogP contribution in [-0.4, -0.2) is 38.3 Å². The van der Waals surface area contributed by atoms with Crippen molar-refractivity contribution in [1.29, 1.82) is 0 Å². The maximum atomic E-state index is 5.46. The summed E-state index contributed by atoms with van der Waals surface area (Å²) in [6.45, 7) is 4.27. The number of para-hydroxylation sites is 1. The Kier molecular flexibility index (Phi) is 7.39. The molecule has 0 aliphatic rings. The first-order chi connectivity index (χ1) is 14.2. The highest BCUT2D eigenvalue weighted by Gasteiger charge is 2.06. The van der Waals surface area contributed by atoms with E-state index in [1.54, 1.807) is 14.2 Å². The van der Waals surface area contributed by atoms with Crippen LogP contribution in [-0.2, 0) is 13.0 Å². The molecule has 29 heavy (non-hydrogen) atoms. The quantitative estimate of drug-likeness (QED) is 0.293. The lowest BCUT2D eigenvalue weighted by Gasteiger charge is -2.12. The fraction of sp³-hybridized carbons (Fsp3) is 0.348. The zero-order valence-corrected chi connectivity index (χ0v) is 17.4. The molecular formula is C23H30N4O2. The van der Waals surface area contributed by atoms with Gasteiger partial charge in [-0.15, -0.1) is 0 Å². The third-order valence-electron chi connectivity index (χ3n) is 4.84. The molecule has 0 radical (unpaired) electrons. The summed E-state index contributed by atoms with van der Waals surface area (Å²) in [5, 5.41) is 8.03. The van der Waals surface area contributed by atoms with Gasteiger partial charge in [0.15, 0.2) is 5.96 Å². The van der Waals surface area contributed by atoms with Crippen LogP contribution in [0.4, 0.5) is 0 Å². The molecule has 0 amide bonds. The van der Waals surface area contributed by atoms with Gasteiger partial charge >= 0.3 is 0 Å². The third-order valence-corrected chi connectivity index (χ3v) is 4.84. The number of methoxy groups -OCH3 is 2. The molecule has 6 heteroatoms. The lowest BCUT2D eigenvalue weighted by Crippen LogP contribution is -2.37. The first-order valence-corrected chi connectivity index (χ1v) is 10.0. The molecule has 6 nitrogen and oxygen atoms in total. The van der Waals surface area contributed by atoms with E-state index in [0.29, 0.717) is 6.54 Å². The summed E-state index contributed by atoms with van der Waals surface area (Å²) < 4.78 is 10.7. The zero-order valence-electron chi connectivity index (χ0n) is 17.4. The molecule has 0 aliphatic carbocycles. The van der Waals surface area contributed by atoms with Gasteiger partial charge in [0.05, 0.1) is 20.8 Å². The first-order valence-electron chi connectivity index (χ1n) is 10.0. The Labute approximate surface area is 172 Å². The van der Waals surface area contributed by atoms with Crippen LogP contribution < -0.4 is 20.1 Å². The van der Waals surface area contributed by atoms with Crippen molar-refractivity contribution in [3.63, 3.8) is 0 Å². The van der Waals surface area contributed by atoms with Gasteiger partial charge in [0, 0.05) is 41.8 Å². The van der Waals surface area contributed by atoms with E-state index in [0.717, 1.165) is 49.0 Å². The molecule has 2 aromatic carbocycles. The van der Waals surface area contributed by atoms with Crippen LogP contribution in [0.3, 0.4) is 0 Å². The highest BCUT2D eigenvalue weighted by molar-refractivity contribution is 5.83. The van der Waals surface area contributed by atoms with Crippen LogP contribution in [0.15, 0.2) is 53.7 Å². The topological polar surface area (TPSA) is 70.7 Å². The number of aromatic nitrogens is 1. The maximum Gasteiger partial charge on any atom is 0.191 e. The molecule has 0 saturated heterocycles. The second kappa shape index (κ2) is 10.4. The number of nitrogens with one attached hydrogen (secondary N) is 3. The second-order valence-corrected chi connectivity index (χ2v) is 6.76. The van der Waals surface area contributed by atoms with Crippen molar-refractivity contribution in [1.82, 2.24) is 15.6 Å². The van der Waals surface area contributed by atoms with Crippen LogP contribution in [0.1, 0.15) is 24.5 Å². The number of hydrogen-bond acceptors (Lipinski definition) is 3. The van der Waals surface area contributed by atoms with Crippen LogP contribution in [0, 0.1) is 0 Å². The van der Waals surface area contributed by atoms with Gasteiger partial charge in [-0.05, 0) is 43.5 Å². The smallest absolute Gasteiger partial charge is 0.191 e. The number of guanidine groups is 1. The number of aryl methyl sites for hydroxylation is 1. The first kappa shape index (κ1) is 20.6. The number of ether oxygens (including phenoxy) is 2. The summed E-state index contributed by atoms with van der Waals surface area (Å²) >= 11 is 0. The van der Waals surface area contributed by atoms with E-state index >= 15 is 0 Å². The van der Waals surface area contributed by atoms with Crippen LogP contribution in [0.5, 0.6) is 11.5 Å². The van der Waals surface area contributed by atoms with Gasteiger partial charge in [-0.3, -0.25) is 0 Å². The largest absolute Gasteiger partial charge is 0.497 e. The van der Waals surface area contributed by atoms with Crippen molar-refractivity contribution < 1.29 is 9.47 Å². The van der Waals surface area contributed by atoms with Crippen molar-refractivity contribution in [2.24, 2.45) is 4.99 Å². The molecule has 0 aliphatic heterocycles. The molecule has 1 aromatic heterocycles. The SMILES string of the molecule is CCNC(=NCc1ccc(OC)cc1OC)NCCCc1c[nH]c2ccccc12. The van der Waals surface area contributed by atoms with Crippen LogP contribution >= 0.6 is 0 Å². The number of fused-ring (bicyclic) bond motifs is 1. The summed E-state index contributed by atoms with van der Waals surface area (Å²) in [6.07, 6.45) is 4.15. The average molecular weight is 395 g/mol. The minimum absolute atomic E-state index is 0.533. The van der Waals surface area contributed by atoms with E-state index in [1.165, 1.54) is 16.5 Å². The standard InChI is InChI=1S/C23H30N4O2/c1-4-24-23(27-16-18-11-12-19(28-2)14-22(18)29-3)25-13-7-8-17-15-26-21-10-6-5-9-20(17)21/h5-6,9-12,14-15,26H,4,7-8,13,16H2,1-3H3,(H2,24,25,27). The third kappa shape index (κ3) is 5.44. The number of aliphatic imine (C=N–C) groups is 1. The molecule has 0 atom stereocenters. The van der Waals surface area contributed by atoms with Gasteiger partial charge in [0.2, 0.25) is 0 Å². The van der Waals surface area contributed by atoms with Gasteiger partial charge in [-0.1, -0.05) is 18.2 Å². The van der Waals surface area contributed by atoms with Crippen molar-refractivity contribution in [2.75, 3.05) is 27.3 Å². The molecule has 0 bridgehead atoms. The Bertz CT molecular complexity index is 949. The number of hydrogen-bond donors (Lipinski definition) is 3. The van der Waals surface area contributed by atoms with E-state index in [2.05, 4.69) is 53.0 Å². The monoisotopic (exact) mass is 394 g/mol. The predicted molar refractivity (Wildman–Crippen MR) is 119 cm³/mol. The Morgan fingerprint density at radius 2 is 1.90 bits per heavy atom. The Hall–Kier alpha value is -3.15. The maximum absolute atomic E-state index is 5.46. The van der Waals surface area contributed by atoms with Crippen LogP contribution in [0.2, 0.25) is 0 Å². The minimum Gasteiger partial charge on any atom is -0.497 e. The number of benzene rings is 2. The van der Waals surface area contributed by atoms with Gasteiger partial charge in [0.1, 0.15) is 11.5 Å². The number of H-pyrrole nitrogens is 1. The summed E-state index contributed by atoms with van der Waals surface area (Å²) in [4.78, 5) is 8.04. The van der Waals surface area contributed by atoms with E-state index in [4.69, 9.17) is 14.5 Å². The fourth-order valence-electron chi connectivity index (χ4n) is 3.31. The molecule has 0 saturated carbocycles. The van der Waals surface area contributed by atoms with E-state index in [1.807, 2.05) is 18.2 Å². The van der Waals surface area contributed by atoms with Gasteiger partial charge in [-0.25, -0.2) is 4.99 Å². The fourth-order valence-corrected chi connectivity index (χ4v) is 3.31. The van der Waals surface area contributed by atoms with Crippen molar-refractivity contribution in [3.8, 4) is 11.5 Å². The Morgan fingerprint density at radius 1 is 1.03 bits per heavy atom. The van der Waals surface area contributed by atoms with E-state index in [9.17, 15) is 0 Å². The van der Waals surface area contributed by atoms with E-state index < -0.39 is 0 Å². The Morgan fingerprint density at radius 3 is 2.69 bits per heavy atom. The van der Waals surface area contributed by atoms with Gasteiger partial charge in [0.25, 0.3) is 0 Å². The minimum atomic E-state index is 0.533. The highest BCUT2D eigenvalue weighted by atomic mass is 16.5. The van der Waals surface area contributed by atoms with Crippen molar-refractivity contribution in [3.05, 3.63) is 59.8 Å². The molecule has 154 valence electrons. The molecule has 3 rings (SSSR count). The molecule has 1 heterocycles. The van der Waals surface area contributed by atoms with Gasteiger partial charge < -0.3 is 25.1 Å². The number of nitrogens with zero attached hydrogens (tertiary/aromatic N) is 1. The van der Waals surface area contributed by atoms with Crippen LogP contribution in [0.25, 0.3) is 10.9 Å². The van der Waals surface area contributed by atoms with Crippen molar-refractivity contribution >= 4 is 16.9 Å². The molecule has 0 fully saturated rings. The predicted octanol–water partition coefficient (Wildman–Crippen LogP) is 3.87. The van der Waals surface area contributed by atoms with E-state index in [-0.39, 0.29) is 0 Å². The summed E-state index contributed by atoms with van der Waals surface area (Å²) in [6, 6.07) is 14.2. The van der Waals surface area contributed by atoms with Gasteiger partial charge in [-0.2, -0.15) is 0 Å². The molecule has 3 N–H and O–H groups in total. The Balaban J connectivity index is 1.55. The highest BCUT2D eigenvalue weighted by Crippen LogP contribution is 2.25. The molecular weight excluding hydrogens is 364 g/mol. The van der Waals surface area contributed by atoms with Crippen molar-refractivity contribution in [2.45, 2.75) is 26.3 Å².